The van der Waals surface area contributed by atoms with Gasteiger partial charge < -0.3 is 4.57 Å². The van der Waals surface area contributed by atoms with Crippen molar-refractivity contribution in [3.05, 3.63) is 46.1 Å². The molecule has 0 aliphatic carbocycles. The van der Waals surface area contributed by atoms with Crippen LogP contribution in [0, 0.1) is 3.70 Å². The minimum atomic E-state index is 0.0756. The van der Waals surface area contributed by atoms with Gasteiger partial charge in [-0.15, -0.1) is 0 Å². The first kappa shape index (κ1) is 10.4. The van der Waals surface area contributed by atoms with E-state index in [4.69, 9.17) is 0 Å². The van der Waals surface area contributed by atoms with E-state index in [1.165, 1.54) is 0 Å². The van der Waals surface area contributed by atoms with Gasteiger partial charge in [-0.3, -0.25) is 4.79 Å². The van der Waals surface area contributed by atoms with Crippen molar-refractivity contribution in [2.45, 2.75) is 6.92 Å². The van der Waals surface area contributed by atoms with E-state index >= 15 is 0 Å². The van der Waals surface area contributed by atoms with E-state index in [2.05, 4.69) is 27.6 Å². The number of carbonyl (C=O) groups is 1. The van der Waals surface area contributed by atoms with Gasteiger partial charge in [0.15, 0.2) is 5.78 Å². The van der Waals surface area contributed by atoms with Crippen LogP contribution >= 0.6 is 22.6 Å². The second kappa shape index (κ2) is 4.14. The van der Waals surface area contributed by atoms with Crippen LogP contribution in [0.15, 0.2) is 36.8 Å². The SMILES string of the molecule is CC(=O)c1cccc(-n2cnc(I)c2)c1. The maximum Gasteiger partial charge on any atom is 0.159 e. The minimum absolute atomic E-state index is 0.0756. The zero-order chi connectivity index (χ0) is 10.8. The highest BCUT2D eigenvalue weighted by atomic mass is 127. The van der Waals surface area contributed by atoms with E-state index < -0.39 is 0 Å². The summed E-state index contributed by atoms with van der Waals surface area (Å²) in [6, 6.07) is 7.50. The number of benzene rings is 1. The summed E-state index contributed by atoms with van der Waals surface area (Å²) in [5, 5.41) is 0. The number of carbonyl (C=O) groups excluding carboxylic acids is 1. The molecule has 1 aromatic carbocycles. The zero-order valence-electron chi connectivity index (χ0n) is 8.14. The highest BCUT2D eigenvalue weighted by Gasteiger charge is 2.02. The Kier molecular flexibility index (Phi) is 2.86. The topological polar surface area (TPSA) is 34.9 Å². The molecule has 0 aliphatic heterocycles. The van der Waals surface area contributed by atoms with Gasteiger partial charge in [0, 0.05) is 17.4 Å². The highest BCUT2D eigenvalue weighted by Crippen LogP contribution is 2.12. The van der Waals surface area contributed by atoms with Gasteiger partial charge in [0.2, 0.25) is 0 Å². The summed E-state index contributed by atoms with van der Waals surface area (Å²) < 4.78 is 2.83. The van der Waals surface area contributed by atoms with Gasteiger partial charge >= 0.3 is 0 Å². The summed E-state index contributed by atoms with van der Waals surface area (Å²) in [6.07, 6.45) is 3.65. The number of nitrogens with zero attached hydrogens (tertiary/aromatic N) is 2. The Bertz CT molecular complexity index is 505. The fraction of sp³-hybridized carbons (Fsp3) is 0.0909. The van der Waals surface area contributed by atoms with E-state index in [0.717, 1.165) is 15.0 Å². The van der Waals surface area contributed by atoms with Crippen LogP contribution in [0.5, 0.6) is 0 Å². The van der Waals surface area contributed by atoms with Crippen LogP contribution in [-0.2, 0) is 0 Å². The third kappa shape index (κ3) is 2.26. The second-order valence-corrected chi connectivity index (χ2v) is 4.32. The van der Waals surface area contributed by atoms with Crippen molar-refractivity contribution in [3.63, 3.8) is 0 Å². The predicted molar refractivity (Wildman–Crippen MR) is 66.3 cm³/mol. The predicted octanol–water partition coefficient (Wildman–Crippen LogP) is 2.68. The van der Waals surface area contributed by atoms with Crippen molar-refractivity contribution in [1.82, 2.24) is 9.55 Å². The molecule has 0 radical (unpaired) electrons. The zero-order valence-corrected chi connectivity index (χ0v) is 10.3. The molecule has 0 N–H and O–H groups in total. The molecule has 0 unspecified atom stereocenters. The molecule has 3 nitrogen and oxygen atoms in total. The molecule has 0 fully saturated rings. The van der Waals surface area contributed by atoms with Crippen LogP contribution in [0.25, 0.3) is 5.69 Å². The number of halogens is 1. The van der Waals surface area contributed by atoms with Gasteiger partial charge in [-0.2, -0.15) is 0 Å². The van der Waals surface area contributed by atoms with E-state index in [0.29, 0.717) is 0 Å². The first-order valence-corrected chi connectivity index (χ1v) is 5.55. The average Bonchev–Trinajstić information content (AvgIpc) is 2.65. The fourth-order valence-corrected chi connectivity index (χ4v) is 1.75. The molecule has 0 saturated carbocycles. The van der Waals surface area contributed by atoms with Gasteiger partial charge in [-0.1, -0.05) is 12.1 Å². The molecule has 15 heavy (non-hydrogen) atoms. The molecule has 0 aliphatic rings. The summed E-state index contributed by atoms with van der Waals surface area (Å²) >= 11 is 2.15. The van der Waals surface area contributed by atoms with Crippen LogP contribution in [-0.4, -0.2) is 15.3 Å². The molecule has 1 heterocycles. The Morgan fingerprint density at radius 2 is 2.27 bits per heavy atom. The number of imidazole rings is 1. The first-order chi connectivity index (χ1) is 7.16. The summed E-state index contributed by atoms with van der Waals surface area (Å²) in [5.41, 5.74) is 1.68. The van der Waals surface area contributed by atoms with Gasteiger partial charge in [-0.05, 0) is 41.6 Å². The molecular formula is C11H9IN2O. The number of aromatic nitrogens is 2. The van der Waals surface area contributed by atoms with Gasteiger partial charge in [0.05, 0.1) is 0 Å². The van der Waals surface area contributed by atoms with Crippen molar-refractivity contribution < 1.29 is 4.79 Å². The van der Waals surface area contributed by atoms with Crippen molar-refractivity contribution in [3.8, 4) is 5.69 Å². The second-order valence-electron chi connectivity index (χ2n) is 3.21. The summed E-state index contributed by atoms with van der Waals surface area (Å²) in [4.78, 5) is 15.3. The van der Waals surface area contributed by atoms with Crippen molar-refractivity contribution >= 4 is 28.4 Å². The maximum atomic E-state index is 11.2. The number of hydrogen-bond acceptors (Lipinski definition) is 2. The largest absolute Gasteiger partial charge is 0.305 e. The van der Waals surface area contributed by atoms with E-state index in [1.54, 1.807) is 13.3 Å². The molecule has 0 atom stereocenters. The molecule has 76 valence electrons. The molecule has 0 spiro atoms. The molecule has 2 rings (SSSR count). The van der Waals surface area contributed by atoms with E-state index in [-0.39, 0.29) is 5.78 Å². The quantitative estimate of drug-likeness (QED) is 0.631. The summed E-state index contributed by atoms with van der Waals surface area (Å²) in [5.74, 6) is 0.0756. The van der Waals surface area contributed by atoms with Crippen molar-refractivity contribution in [2.24, 2.45) is 0 Å². The monoisotopic (exact) mass is 312 g/mol. The Labute approximate surface area is 101 Å². The Morgan fingerprint density at radius 3 is 2.87 bits per heavy atom. The highest BCUT2D eigenvalue weighted by molar-refractivity contribution is 14.1. The van der Waals surface area contributed by atoms with Gasteiger partial charge in [0.25, 0.3) is 0 Å². The van der Waals surface area contributed by atoms with Crippen molar-refractivity contribution in [1.29, 1.82) is 0 Å². The lowest BCUT2D eigenvalue weighted by Gasteiger charge is -2.02. The van der Waals surface area contributed by atoms with E-state index in [9.17, 15) is 4.79 Å². The number of rotatable bonds is 2. The molecule has 0 saturated heterocycles. The Hall–Kier alpha value is -1.17. The third-order valence-corrected chi connectivity index (χ3v) is 2.66. The van der Waals surface area contributed by atoms with Gasteiger partial charge in [-0.25, -0.2) is 4.98 Å². The molecule has 2 aromatic rings. The lowest BCUT2D eigenvalue weighted by atomic mass is 10.1. The van der Waals surface area contributed by atoms with Crippen LogP contribution in [0.2, 0.25) is 0 Å². The Morgan fingerprint density at radius 1 is 1.47 bits per heavy atom. The number of Topliss-reactive ketones (excluding diaryl/α,β-unsaturated/α-hetero) is 1. The summed E-state index contributed by atoms with van der Waals surface area (Å²) in [6.45, 7) is 1.57. The van der Waals surface area contributed by atoms with Crippen LogP contribution < -0.4 is 0 Å². The first-order valence-electron chi connectivity index (χ1n) is 4.47. The normalized spacial score (nSPS) is 10.3. The van der Waals surface area contributed by atoms with Crippen LogP contribution in [0.1, 0.15) is 17.3 Å². The van der Waals surface area contributed by atoms with Crippen LogP contribution in [0.3, 0.4) is 0 Å². The number of hydrogen-bond donors (Lipinski definition) is 0. The average molecular weight is 312 g/mol. The third-order valence-electron chi connectivity index (χ3n) is 2.10. The fourth-order valence-electron chi connectivity index (χ4n) is 1.33. The molecule has 1 aromatic heterocycles. The lowest BCUT2D eigenvalue weighted by Crippen LogP contribution is -1.95. The van der Waals surface area contributed by atoms with Crippen molar-refractivity contribution in [2.75, 3.05) is 0 Å². The standard InChI is InChI=1S/C11H9IN2O/c1-8(15)9-3-2-4-10(5-9)14-6-11(12)13-7-14/h2-7H,1H3. The van der Waals surface area contributed by atoms with Gasteiger partial charge in [0.1, 0.15) is 10.0 Å². The molecule has 0 amide bonds. The Balaban J connectivity index is 2.45. The van der Waals surface area contributed by atoms with Crippen LogP contribution in [0.4, 0.5) is 0 Å². The molecule has 0 bridgehead atoms. The molecular weight excluding hydrogens is 303 g/mol. The maximum absolute atomic E-state index is 11.2. The smallest absolute Gasteiger partial charge is 0.159 e. The van der Waals surface area contributed by atoms with E-state index in [1.807, 2.05) is 35.0 Å². The molecule has 4 heteroatoms. The summed E-state index contributed by atoms with van der Waals surface area (Å²) in [7, 11) is 0. The number of ketones is 1. The minimum Gasteiger partial charge on any atom is -0.305 e. The lowest BCUT2D eigenvalue weighted by molar-refractivity contribution is 0.101.